The molecule has 24 heavy (non-hydrogen) atoms. The lowest BCUT2D eigenvalue weighted by Crippen LogP contribution is -2.32. The van der Waals surface area contributed by atoms with Gasteiger partial charge in [0.05, 0.1) is 5.39 Å². The van der Waals surface area contributed by atoms with Crippen LogP contribution < -0.4 is 4.57 Å². The van der Waals surface area contributed by atoms with Crippen molar-refractivity contribution in [2.75, 3.05) is 0 Å². The molecule has 1 heteroatoms. The summed E-state index contributed by atoms with van der Waals surface area (Å²) in [6, 6.07) is 22.1. The number of hydrogen-bond acceptors (Lipinski definition) is 0. The SMILES string of the molecule is Cc1cc(C)c(C)c(-c2ccc3c4ccccc4ccc3[n+]2C)c1. The minimum absolute atomic E-state index is 1.27. The number of fused-ring (bicyclic) bond motifs is 3. The van der Waals surface area contributed by atoms with Gasteiger partial charge in [-0.15, -0.1) is 0 Å². The van der Waals surface area contributed by atoms with E-state index in [1.54, 1.807) is 0 Å². The van der Waals surface area contributed by atoms with E-state index < -0.39 is 0 Å². The number of rotatable bonds is 1. The molecular weight excluding hydrogens is 290 g/mol. The van der Waals surface area contributed by atoms with Crippen LogP contribution in [0, 0.1) is 20.8 Å². The van der Waals surface area contributed by atoms with Crippen LogP contribution in [0.2, 0.25) is 0 Å². The standard InChI is InChI=1S/C23H22N/c1-15-13-16(2)17(3)21(14-15)23-12-10-20-19-8-6-5-7-18(19)9-11-22(20)24(23)4/h5-14H,1-4H3/q+1. The number of hydrogen-bond donors (Lipinski definition) is 0. The zero-order valence-electron chi connectivity index (χ0n) is 14.7. The maximum Gasteiger partial charge on any atom is 0.213 e. The highest BCUT2D eigenvalue weighted by molar-refractivity contribution is 6.05. The van der Waals surface area contributed by atoms with Gasteiger partial charge in [0.25, 0.3) is 0 Å². The molecule has 0 saturated heterocycles. The Morgan fingerprint density at radius 1 is 0.750 bits per heavy atom. The molecule has 0 aliphatic carbocycles. The summed E-state index contributed by atoms with van der Waals surface area (Å²) < 4.78 is 2.32. The predicted molar refractivity (Wildman–Crippen MR) is 102 cm³/mol. The highest BCUT2D eigenvalue weighted by Crippen LogP contribution is 2.28. The molecule has 118 valence electrons. The van der Waals surface area contributed by atoms with Crippen molar-refractivity contribution in [2.24, 2.45) is 7.05 Å². The third-order valence-corrected chi connectivity index (χ3v) is 5.17. The van der Waals surface area contributed by atoms with Crippen molar-refractivity contribution in [2.45, 2.75) is 20.8 Å². The van der Waals surface area contributed by atoms with Gasteiger partial charge in [0.1, 0.15) is 7.05 Å². The lowest BCUT2D eigenvalue weighted by atomic mass is 9.96. The molecular formula is C23H22N+. The van der Waals surface area contributed by atoms with Gasteiger partial charge in [0.15, 0.2) is 0 Å². The fourth-order valence-corrected chi connectivity index (χ4v) is 3.73. The lowest BCUT2D eigenvalue weighted by molar-refractivity contribution is -0.633. The van der Waals surface area contributed by atoms with Gasteiger partial charge in [-0.3, -0.25) is 0 Å². The van der Waals surface area contributed by atoms with Gasteiger partial charge in [0.2, 0.25) is 11.2 Å². The van der Waals surface area contributed by atoms with E-state index in [9.17, 15) is 0 Å². The van der Waals surface area contributed by atoms with Crippen LogP contribution in [-0.4, -0.2) is 0 Å². The minimum Gasteiger partial charge on any atom is -0.194 e. The van der Waals surface area contributed by atoms with Gasteiger partial charge in [-0.2, -0.15) is 4.57 Å². The first-order chi connectivity index (χ1) is 11.6. The molecule has 0 saturated carbocycles. The van der Waals surface area contributed by atoms with Crippen molar-refractivity contribution < 1.29 is 4.57 Å². The van der Waals surface area contributed by atoms with Gasteiger partial charge < -0.3 is 0 Å². The van der Waals surface area contributed by atoms with Gasteiger partial charge >= 0.3 is 0 Å². The van der Waals surface area contributed by atoms with Crippen molar-refractivity contribution in [3.63, 3.8) is 0 Å². The summed E-state index contributed by atoms with van der Waals surface area (Å²) in [5.74, 6) is 0. The van der Waals surface area contributed by atoms with Crippen LogP contribution in [0.15, 0.2) is 60.7 Å². The summed E-state index contributed by atoms with van der Waals surface area (Å²) in [7, 11) is 2.17. The number of benzene rings is 3. The Kier molecular flexibility index (Phi) is 3.38. The zero-order chi connectivity index (χ0) is 16.8. The Balaban J connectivity index is 2.06. The number of nitrogens with zero attached hydrogens (tertiary/aromatic N) is 1. The molecule has 0 fully saturated rings. The maximum atomic E-state index is 2.32. The normalized spacial score (nSPS) is 11.3. The Morgan fingerprint density at radius 2 is 1.54 bits per heavy atom. The number of aryl methyl sites for hydroxylation is 3. The molecule has 0 spiro atoms. The molecule has 0 radical (unpaired) electrons. The summed E-state index contributed by atoms with van der Waals surface area (Å²) in [6.45, 7) is 6.58. The van der Waals surface area contributed by atoms with Crippen molar-refractivity contribution in [1.29, 1.82) is 0 Å². The van der Waals surface area contributed by atoms with Gasteiger partial charge in [-0.05, 0) is 60.9 Å². The van der Waals surface area contributed by atoms with E-state index in [1.807, 2.05) is 0 Å². The fourth-order valence-electron chi connectivity index (χ4n) is 3.73. The Labute approximate surface area is 143 Å². The van der Waals surface area contributed by atoms with E-state index in [2.05, 4.69) is 93.0 Å². The molecule has 0 bridgehead atoms. The average molecular weight is 312 g/mol. The van der Waals surface area contributed by atoms with E-state index in [-0.39, 0.29) is 0 Å². The van der Waals surface area contributed by atoms with Gasteiger partial charge in [0, 0.05) is 17.7 Å². The van der Waals surface area contributed by atoms with Crippen molar-refractivity contribution in [3.8, 4) is 11.3 Å². The van der Waals surface area contributed by atoms with E-state index in [0.717, 1.165) is 0 Å². The smallest absolute Gasteiger partial charge is 0.194 e. The molecule has 4 aromatic rings. The number of pyridine rings is 1. The van der Waals surface area contributed by atoms with E-state index in [0.29, 0.717) is 0 Å². The summed E-state index contributed by atoms with van der Waals surface area (Å²) in [5, 5.41) is 3.91. The maximum absolute atomic E-state index is 2.32. The zero-order valence-corrected chi connectivity index (χ0v) is 14.7. The summed E-state index contributed by atoms with van der Waals surface area (Å²) in [6.07, 6.45) is 0. The molecule has 1 aromatic heterocycles. The predicted octanol–water partition coefficient (Wildman–Crippen LogP) is 5.41. The Bertz CT molecular complexity index is 1090. The molecule has 4 rings (SSSR count). The molecule has 0 aliphatic rings. The fraction of sp³-hybridized carbons (Fsp3) is 0.174. The molecule has 1 heterocycles. The van der Waals surface area contributed by atoms with Crippen LogP contribution >= 0.6 is 0 Å². The van der Waals surface area contributed by atoms with Gasteiger partial charge in [-0.1, -0.05) is 35.9 Å². The Hall–Kier alpha value is -2.67. The van der Waals surface area contributed by atoms with E-state index in [4.69, 9.17) is 0 Å². The van der Waals surface area contributed by atoms with Crippen LogP contribution in [0.1, 0.15) is 16.7 Å². The quantitative estimate of drug-likeness (QED) is 0.327. The molecule has 0 amide bonds. The largest absolute Gasteiger partial charge is 0.213 e. The summed E-state index contributed by atoms with van der Waals surface area (Å²) >= 11 is 0. The third-order valence-electron chi connectivity index (χ3n) is 5.17. The molecule has 3 aromatic carbocycles. The second kappa shape index (κ2) is 5.45. The van der Waals surface area contributed by atoms with E-state index in [1.165, 1.54) is 49.6 Å². The highest BCUT2D eigenvalue weighted by atomic mass is 14.9. The Morgan fingerprint density at radius 3 is 2.38 bits per heavy atom. The van der Waals surface area contributed by atoms with Crippen LogP contribution in [0.25, 0.3) is 32.9 Å². The first-order valence-electron chi connectivity index (χ1n) is 8.45. The second-order valence-electron chi connectivity index (χ2n) is 6.75. The second-order valence-corrected chi connectivity index (χ2v) is 6.75. The third kappa shape index (κ3) is 2.20. The van der Waals surface area contributed by atoms with Crippen molar-refractivity contribution in [3.05, 3.63) is 77.4 Å². The van der Waals surface area contributed by atoms with Gasteiger partial charge in [-0.25, -0.2) is 0 Å². The highest BCUT2D eigenvalue weighted by Gasteiger charge is 2.18. The summed E-state index contributed by atoms with van der Waals surface area (Å²) in [4.78, 5) is 0. The molecule has 1 nitrogen and oxygen atoms in total. The number of aromatic nitrogens is 1. The first kappa shape index (κ1) is 14.9. The molecule has 0 N–H and O–H groups in total. The van der Waals surface area contributed by atoms with Crippen LogP contribution in [0.4, 0.5) is 0 Å². The first-order valence-corrected chi connectivity index (χ1v) is 8.45. The van der Waals surface area contributed by atoms with Crippen LogP contribution in [-0.2, 0) is 7.05 Å². The van der Waals surface area contributed by atoms with E-state index >= 15 is 0 Å². The lowest BCUT2D eigenvalue weighted by Gasteiger charge is -2.11. The van der Waals surface area contributed by atoms with Crippen molar-refractivity contribution in [1.82, 2.24) is 0 Å². The van der Waals surface area contributed by atoms with Crippen molar-refractivity contribution >= 4 is 21.7 Å². The minimum atomic E-state index is 1.27. The molecule has 0 atom stereocenters. The average Bonchev–Trinajstić information content (AvgIpc) is 2.58. The van der Waals surface area contributed by atoms with Crippen LogP contribution in [0.3, 0.4) is 0 Å². The molecule has 0 unspecified atom stereocenters. The van der Waals surface area contributed by atoms with Crippen LogP contribution in [0.5, 0.6) is 0 Å². The molecule has 0 aliphatic heterocycles. The summed E-state index contributed by atoms with van der Waals surface area (Å²) in [5.41, 5.74) is 7.88. The topological polar surface area (TPSA) is 3.88 Å². The monoisotopic (exact) mass is 312 g/mol.